The van der Waals surface area contributed by atoms with E-state index in [2.05, 4.69) is 15.3 Å². The standard InChI is InChI=1S/C21H30ClFN4O3/c1-13-7-17(24-6-5-22)18(27(13)20(28)29-2)12-30-16-3-4-21(9-14(21)8-16)19-25-10-15(23)11-26-19/h10-11,13-14,16-18,24H,3-9,12H2,1-2H3/t13-,14-,16+,17+,18+,21-/m1/s1. The number of fused-ring (bicyclic) bond motifs is 1. The number of amides is 1. The van der Waals surface area contributed by atoms with Crippen LogP contribution in [-0.4, -0.2) is 71.3 Å². The average molecular weight is 441 g/mol. The van der Waals surface area contributed by atoms with E-state index in [1.54, 1.807) is 4.90 Å². The molecule has 2 heterocycles. The lowest BCUT2D eigenvalue weighted by molar-refractivity contribution is -0.0112. The number of hydrogen-bond acceptors (Lipinski definition) is 6. The maximum atomic E-state index is 13.2. The summed E-state index contributed by atoms with van der Waals surface area (Å²) in [6.07, 6.45) is 7.03. The van der Waals surface area contributed by atoms with Crippen molar-refractivity contribution in [2.45, 2.75) is 68.7 Å². The molecule has 1 N–H and O–H groups in total. The Balaban J connectivity index is 1.35. The molecule has 1 aromatic heterocycles. The highest BCUT2D eigenvalue weighted by Crippen LogP contribution is 2.61. The first kappa shape index (κ1) is 21.7. The largest absolute Gasteiger partial charge is 0.453 e. The number of likely N-dealkylation sites (tertiary alicyclic amines) is 1. The third kappa shape index (κ3) is 4.14. The van der Waals surface area contributed by atoms with Crippen molar-refractivity contribution in [1.82, 2.24) is 20.2 Å². The van der Waals surface area contributed by atoms with Crippen LogP contribution in [0, 0.1) is 11.7 Å². The SMILES string of the molecule is COC(=O)N1[C@H](C)C[C@H](NCCCl)[C@@H]1CO[C@H]1CC[C@@]2(c3ncc(F)cn3)C[C@H]2C1. The van der Waals surface area contributed by atoms with Crippen LogP contribution in [-0.2, 0) is 14.9 Å². The van der Waals surface area contributed by atoms with E-state index in [4.69, 9.17) is 21.1 Å². The molecule has 7 nitrogen and oxygen atoms in total. The van der Waals surface area contributed by atoms with E-state index in [0.717, 1.165) is 37.9 Å². The second-order valence-corrected chi connectivity index (χ2v) is 9.17. The number of hydrogen-bond donors (Lipinski definition) is 1. The Hall–Kier alpha value is -1.51. The molecule has 1 saturated heterocycles. The normalized spacial score (nSPS) is 35.2. The lowest BCUT2D eigenvalue weighted by atomic mass is 9.86. The Kier molecular flexibility index (Phi) is 6.46. The fourth-order valence-electron chi connectivity index (χ4n) is 5.43. The molecule has 0 spiro atoms. The number of nitrogens with one attached hydrogen (secondary N) is 1. The van der Waals surface area contributed by atoms with E-state index >= 15 is 0 Å². The van der Waals surface area contributed by atoms with Gasteiger partial charge in [0.2, 0.25) is 0 Å². The smallest absolute Gasteiger partial charge is 0.410 e. The van der Waals surface area contributed by atoms with Crippen molar-refractivity contribution < 1.29 is 18.7 Å². The second kappa shape index (κ2) is 8.93. The predicted octanol–water partition coefficient (Wildman–Crippen LogP) is 2.87. The van der Waals surface area contributed by atoms with Gasteiger partial charge in [0.1, 0.15) is 5.82 Å². The number of carbonyl (C=O) groups excluding carboxylic acids is 1. The van der Waals surface area contributed by atoms with E-state index in [-0.39, 0.29) is 35.7 Å². The lowest BCUT2D eigenvalue weighted by Crippen LogP contribution is -2.49. The van der Waals surface area contributed by atoms with Crippen molar-refractivity contribution in [3.63, 3.8) is 0 Å². The van der Waals surface area contributed by atoms with Crippen LogP contribution >= 0.6 is 11.6 Å². The maximum Gasteiger partial charge on any atom is 0.410 e. The van der Waals surface area contributed by atoms with Crippen LogP contribution in [0.4, 0.5) is 9.18 Å². The van der Waals surface area contributed by atoms with Gasteiger partial charge in [-0.3, -0.25) is 4.90 Å². The topological polar surface area (TPSA) is 76.6 Å². The van der Waals surface area contributed by atoms with Crippen LogP contribution in [0.1, 0.15) is 44.9 Å². The number of rotatable bonds is 7. The molecule has 1 aromatic rings. The molecule has 3 aliphatic rings. The van der Waals surface area contributed by atoms with Crippen LogP contribution in [0.5, 0.6) is 0 Å². The molecular formula is C21H30ClFN4O3. The Labute approximate surface area is 181 Å². The zero-order valence-corrected chi connectivity index (χ0v) is 18.3. The number of carbonyl (C=O) groups is 1. The van der Waals surface area contributed by atoms with Gasteiger partial charge in [0, 0.05) is 29.9 Å². The molecule has 2 saturated carbocycles. The van der Waals surface area contributed by atoms with Gasteiger partial charge >= 0.3 is 6.09 Å². The monoisotopic (exact) mass is 440 g/mol. The summed E-state index contributed by atoms with van der Waals surface area (Å²) in [5.74, 6) is 1.36. The number of halogens is 2. The molecule has 0 aromatic carbocycles. The first-order valence-corrected chi connectivity index (χ1v) is 11.3. The van der Waals surface area contributed by atoms with Gasteiger partial charge in [0.05, 0.1) is 38.3 Å². The van der Waals surface area contributed by atoms with Gasteiger partial charge in [-0.15, -0.1) is 11.6 Å². The van der Waals surface area contributed by atoms with Crippen molar-refractivity contribution in [3.8, 4) is 0 Å². The van der Waals surface area contributed by atoms with E-state index in [1.165, 1.54) is 19.5 Å². The summed E-state index contributed by atoms with van der Waals surface area (Å²) < 4.78 is 24.5. The first-order chi connectivity index (χ1) is 14.5. The Bertz CT molecular complexity index is 754. The van der Waals surface area contributed by atoms with E-state index < -0.39 is 5.82 Å². The molecule has 0 radical (unpaired) electrons. The van der Waals surface area contributed by atoms with Crippen LogP contribution in [0.15, 0.2) is 12.4 Å². The van der Waals surface area contributed by atoms with Crippen molar-refractivity contribution in [2.24, 2.45) is 5.92 Å². The second-order valence-electron chi connectivity index (χ2n) is 8.79. The van der Waals surface area contributed by atoms with Gasteiger partial charge in [0.25, 0.3) is 0 Å². The van der Waals surface area contributed by atoms with E-state index in [9.17, 15) is 9.18 Å². The molecule has 0 unspecified atom stereocenters. The molecule has 0 bridgehead atoms. The molecule has 1 aliphatic heterocycles. The molecule has 30 heavy (non-hydrogen) atoms. The number of alkyl halides is 1. The number of nitrogens with zero attached hydrogens (tertiary/aromatic N) is 3. The summed E-state index contributed by atoms with van der Waals surface area (Å²) in [6.45, 7) is 3.20. The lowest BCUT2D eigenvalue weighted by Gasteiger charge is -2.32. The molecule has 3 fully saturated rings. The highest BCUT2D eigenvalue weighted by molar-refractivity contribution is 6.18. The summed E-state index contributed by atoms with van der Waals surface area (Å²) in [6, 6.07) is 0.132. The Morgan fingerprint density at radius 1 is 1.40 bits per heavy atom. The van der Waals surface area contributed by atoms with Crippen molar-refractivity contribution >= 4 is 17.7 Å². The molecule has 9 heteroatoms. The number of aromatic nitrogens is 2. The predicted molar refractivity (Wildman–Crippen MR) is 110 cm³/mol. The van der Waals surface area contributed by atoms with Gasteiger partial charge in [0.15, 0.2) is 5.82 Å². The van der Waals surface area contributed by atoms with Crippen LogP contribution in [0.2, 0.25) is 0 Å². The summed E-state index contributed by atoms with van der Waals surface area (Å²) in [5.41, 5.74) is -0.00206. The van der Waals surface area contributed by atoms with Crippen LogP contribution in [0.25, 0.3) is 0 Å². The molecular weight excluding hydrogens is 411 g/mol. The summed E-state index contributed by atoms with van der Waals surface area (Å²) in [5, 5.41) is 3.45. The minimum atomic E-state index is -0.400. The highest BCUT2D eigenvalue weighted by atomic mass is 35.5. The number of methoxy groups -OCH3 is 1. The number of ether oxygens (including phenoxy) is 2. The quantitative estimate of drug-likeness (QED) is 0.657. The zero-order valence-electron chi connectivity index (χ0n) is 17.5. The third-order valence-electron chi connectivity index (χ3n) is 7.04. The maximum absolute atomic E-state index is 13.2. The zero-order chi connectivity index (χ0) is 21.3. The van der Waals surface area contributed by atoms with Gasteiger partial charge < -0.3 is 14.8 Å². The molecule has 1 amide bonds. The fourth-order valence-corrected chi connectivity index (χ4v) is 5.54. The fraction of sp³-hybridized carbons (Fsp3) is 0.762. The molecule has 2 aliphatic carbocycles. The minimum Gasteiger partial charge on any atom is -0.453 e. The summed E-state index contributed by atoms with van der Waals surface area (Å²) in [7, 11) is 1.41. The third-order valence-corrected chi connectivity index (χ3v) is 7.23. The van der Waals surface area contributed by atoms with Gasteiger partial charge in [-0.2, -0.15) is 0 Å². The van der Waals surface area contributed by atoms with E-state index in [0.29, 0.717) is 24.9 Å². The molecule has 4 rings (SSSR count). The van der Waals surface area contributed by atoms with Crippen LogP contribution < -0.4 is 5.32 Å². The van der Waals surface area contributed by atoms with Gasteiger partial charge in [-0.1, -0.05) is 0 Å². The summed E-state index contributed by atoms with van der Waals surface area (Å²) >= 11 is 5.85. The van der Waals surface area contributed by atoms with Crippen molar-refractivity contribution in [1.29, 1.82) is 0 Å². The summed E-state index contributed by atoms with van der Waals surface area (Å²) in [4.78, 5) is 22.6. The Morgan fingerprint density at radius 3 is 2.83 bits per heavy atom. The minimum absolute atomic E-state index is 0.00206. The Morgan fingerprint density at radius 2 is 2.17 bits per heavy atom. The van der Waals surface area contributed by atoms with E-state index in [1.807, 2.05) is 6.92 Å². The highest BCUT2D eigenvalue weighted by Gasteiger charge is 2.60. The molecule has 166 valence electrons. The first-order valence-electron chi connectivity index (χ1n) is 10.7. The van der Waals surface area contributed by atoms with Crippen molar-refractivity contribution in [2.75, 3.05) is 26.1 Å². The van der Waals surface area contributed by atoms with Crippen LogP contribution in [0.3, 0.4) is 0 Å². The van der Waals surface area contributed by atoms with Gasteiger partial charge in [-0.25, -0.2) is 19.2 Å². The molecule has 6 atom stereocenters. The van der Waals surface area contributed by atoms with Crippen molar-refractivity contribution in [3.05, 3.63) is 24.0 Å². The average Bonchev–Trinajstić information content (AvgIpc) is 3.40. The van der Waals surface area contributed by atoms with Gasteiger partial charge in [-0.05, 0) is 44.9 Å².